The molecule has 514 valence electrons. The molecule has 1 atom stereocenters. The van der Waals surface area contributed by atoms with Gasteiger partial charge in [0.15, 0.2) is 0 Å². The molecule has 2 heteroatoms. The first-order valence-electron chi connectivity index (χ1n) is 41.2. The zero-order valence-corrected chi connectivity index (χ0v) is 60.9. The van der Waals surface area contributed by atoms with Crippen LogP contribution in [-0.2, 0) is 9.53 Å². The van der Waals surface area contributed by atoms with Crippen molar-refractivity contribution in [2.75, 3.05) is 6.61 Å². The van der Waals surface area contributed by atoms with Gasteiger partial charge in [0.05, 0.1) is 6.61 Å². The van der Waals surface area contributed by atoms with E-state index in [1.807, 2.05) is 0 Å². The van der Waals surface area contributed by atoms with Crippen LogP contribution in [0.15, 0.2) is 12.2 Å². The summed E-state index contributed by atoms with van der Waals surface area (Å²) in [6, 6.07) is 0. The van der Waals surface area contributed by atoms with Gasteiger partial charge in [0.2, 0.25) is 0 Å². The molecule has 0 fully saturated rings. The number of carbonyl (C=O) groups is 1. The molecule has 0 aliphatic heterocycles. The molecular formula is C84H166O2. The van der Waals surface area contributed by atoms with Crippen LogP contribution in [0.2, 0.25) is 0 Å². The van der Waals surface area contributed by atoms with Gasteiger partial charge in [-0.1, -0.05) is 484 Å². The van der Waals surface area contributed by atoms with Crippen molar-refractivity contribution < 1.29 is 9.53 Å². The Morgan fingerprint density at radius 2 is 0.337 bits per heavy atom. The molecule has 0 aromatic heterocycles. The Morgan fingerprint density at radius 1 is 0.221 bits per heavy atom. The third-order valence-corrected chi connectivity index (χ3v) is 20.1. The first-order valence-corrected chi connectivity index (χ1v) is 41.2. The second kappa shape index (κ2) is 74.9. The summed E-state index contributed by atoms with van der Waals surface area (Å²) in [5, 5.41) is 0. The van der Waals surface area contributed by atoms with E-state index in [0.29, 0.717) is 18.1 Å². The van der Waals surface area contributed by atoms with Gasteiger partial charge in [-0.3, -0.25) is 0 Å². The number of hydrogen-bond donors (Lipinski definition) is 0. The number of carbonyl (C=O) groups excluding carboxylic acids is 1. The minimum absolute atomic E-state index is 0.206. The van der Waals surface area contributed by atoms with E-state index in [9.17, 15) is 4.79 Å². The maximum absolute atomic E-state index is 12.2. The van der Waals surface area contributed by atoms with Gasteiger partial charge >= 0.3 is 5.97 Å². The third kappa shape index (κ3) is 75.7. The van der Waals surface area contributed by atoms with E-state index in [4.69, 9.17) is 4.74 Å². The van der Waals surface area contributed by atoms with Crippen LogP contribution in [0.3, 0.4) is 0 Å². The second-order valence-corrected chi connectivity index (χ2v) is 30.2. The molecule has 2 nitrogen and oxygen atoms in total. The molecule has 0 saturated heterocycles. The lowest BCUT2D eigenvalue weighted by atomic mass is 9.94. The molecule has 86 heavy (non-hydrogen) atoms. The average Bonchev–Trinajstić information content (AvgIpc) is 3.50. The maximum atomic E-state index is 12.2. The standard InChI is InChI=1S/C84H166O2/c1-80(2)75-71-67-63-59-55-51-47-43-39-35-31-27-23-19-15-11-8-7-9-13-17-21-25-29-33-37-41-45-49-53-57-61-65-69-73-77-83(79-86-84(85)82(5)6)78-74-70-66-62-58-54-50-46-42-38-34-30-26-22-18-14-10-12-16-20-24-28-32-36-40-44-48-52-56-60-64-68-72-76-81(3)4/h80-81,83H,5,7-79H2,1-4,6H3. The lowest BCUT2D eigenvalue weighted by Crippen LogP contribution is -2.15. The van der Waals surface area contributed by atoms with Gasteiger partial charge in [-0.2, -0.15) is 0 Å². The molecule has 0 N–H and O–H groups in total. The molecule has 0 saturated carbocycles. The minimum atomic E-state index is -0.206. The Balaban J connectivity index is 3.48. The SMILES string of the molecule is C=C(C)C(=O)OCC(CCCCCCCCCCCCCCCCCCCCCCCCCCCCCCCCCCCCCC(C)C)CCCCCCCCCCCCCCCCCCCCCCCCCCCCCCCCCCCC(C)C. The van der Waals surface area contributed by atoms with E-state index in [1.165, 1.54) is 462 Å². The maximum Gasteiger partial charge on any atom is 0.333 e. The molecular weight excluding hydrogens is 1040 g/mol. The van der Waals surface area contributed by atoms with Gasteiger partial charge < -0.3 is 4.74 Å². The fourth-order valence-corrected chi connectivity index (χ4v) is 13.9. The predicted octanol–water partition coefficient (Wildman–Crippen LogP) is 31.1. The fraction of sp³-hybridized carbons (Fsp3) is 0.964. The van der Waals surface area contributed by atoms with Crippen molar-refractivity contribution in [3.63, 3.8) is 0 Å². The van der Waals surface area contributed by atoms with Crippen molar-refractivity contribution in [3.05, 3.63) is 12.2 Å². The highest BCUT2D eigenvalue weighted by Crippen LogP contribution is 2.24. The molecule has 0 rings (SSSR count). The predicted molar refractivity (Wildman–Crippen MR) is 391 cm³/mol. The van der Waals surface area contributed by atoms with E-state index >= 15 is 0 Å². The largest absolute Gasteiger partial charge is 0.462 e. The molecule has 0 aliphatic rings. The smallest absolute Gasteiger partial charge is 0.333 e. The van der Waals surface area contributed by atoms with Crippen molar-refractivity contribution in [1.82, 2.24) is 0 Å². The van der Waals surface area contributed by atoms with Crippen LogP contribution in [0, 0.1) is 17.8 Å². The lowest BCUT2D eigenvalue weighted by molar-refractivity contribution is -0.140. The van der Waals surface area contributed by atoms with Crippen LogP contribution in [0.5, 0.6) is 0 Å². The average molecular weight is 1210 g/mol. The van der Waals surface area contributed by atoms with Gasteiger partial charge in [0.1, 0.15) is 0 Å². The molecule has 0 bridgehead atoms. The molecule has 0 radical (unpaired) electrons. The van der Waals surface area contributed by atoms with E-state index < -0.39 is 0 Å². The quantitative estimate of drug-likeness (QED) is 0.0345. The Kier molecular flexibility index (Phi) is 74.2. The van der Waals surface area contributed by atoms with Gasteiger partial charge in [-0.25, -0.2) is 4.79 Å². The second-order valence-electron chi connectivity index (χ2n) is 30.2. The highest BCUT2D eigenvalue weighted by Gasteiger charge is 2.13. The van der Waals surface area contributed by atoms with E-state index in [-0.39, 0.29) is 5.97 Å². The van der Waals surface area contributed by atoms with Crippen molar-refractivity contribution in [1.29, 1.82) is 0 Å². The Labute approximate surface area is 546 Å². The molecule has 0 spiro atoms. The Hall–Kier alpha value is -0.790. The Morgan fingerprint density at radius 3 is 0.453 bits per heavy atom. The van der Waals surface area contributed by atoms with Crippen LogP contribution in [0.25, 0.3) is 0 Å². The summed E-state index contributed by atoms with van der Waals surface area (Å²) in [5.41, 5.74) is 0.530. The monoisotopic (exact) mass is 1210 g/mol. The van der Waals surface area contributed by atoms with Crippen LogP contribution >= 0.6 is 0 Å². The first-order chi connectivity index (χ1) is 42.3. The van der Waals surface area contributed by atoms with Crippen LogP contribution < -0.4 is 0 Å². The van der Waals surface area contributed by atoms with Gasteiger partial charge in [-0.15, -0.1) is 0 Å². The summed E-state index contributed by atoms with van der Waals surface area (Å²) in [6.45, 7) is 15.6. The highest BCUT2D eigenvalue weighted by atomic mass is 16.5. The molecule has 0 heterocycles. The van der Waals surface area contributed by atoms with Crippen molar-refractivity contribution in [2.24, 2.45) is 17.8 Å². The lowest BCUT2D eigenvalue weighted by Gasteiger charge is -2.17. The fourth-order valence-electron chi connectivity index (χ4n) is 13.9. The first kappa shape index (κ1) is 85.2. The number of esters is 1. The van der Waals surface area contributed by atoms with Crippen molar-refractivity contribution in [2.45, 2.75) is 497 Å². The zero-order chi connectivity index (χ0) is 62.2. The molecule has 0 amide bonds. The normalized spacial score (nSPS) is 12.2. The summed E-state index contributed by atoms with van der Waals surface area (Å²) in [6.07, 6.45) is 104. The van der Waals surface area contributed by atoms with Gasteiger partial charge in [0, 0.05) is 5.57 Å². The van der Waals surface area contributed by atoms with Crippen molar-refractivity contribution in [3.8, 4) is 0 Å². The highest BCUT2D eigenvalue weighted by molar-refractivity contribution is 5.86. The summed E-state index contributed by atoms with van der Waals surface area (Å²) in [4.78, 5) is 12.2. The number of ether oxygens (including phenoxy) is 1. The van der Waals surface area contributed by atoms with E-state index in [0.717, 1.165) is 11.8 Å². The number of hydrogen-bond acceptors (Lipinski definition) is 2. The third-order valence-electron chi connectivity index (χ3n) is 20.1. The topological polar surface area (TPSA) is 26.3 Å². The van der Waals surface area contributed by atoms with Crippen LogP contribution in [0.4, 0.5) is 0 Å². The number of unbranched alkanes of at least 4 members (excludes halogenated alkanes) is 66. The van der Waals surface area contributed by atoms with E-state index in [1.54, 1.807) is 6.92 Å². The van der Waals surface area contributed by atoms with Crippen molar-refractivity contribution >= 4 is 5.97 Å². The summed E-state index contributed by atoms with van der Waals surface area (Å²) in [5.74, 6) is 2.09. The summed E-state index contributed by atoms with van der Waals surface area (Å²) in [7, 11) is 0. The molecule has 0 aliphatic carbocycles. The van der Waals surface area contributed by atoms with Crippen LogP contribution in [0.1, 0.15) is 497 Å². The number of rotatable bonds is 77. The van der Waals surface area contributed by atoms with Crippen LogP contribution in [-0.4, -0.2) is 12.6 Å². The molecule has 1 unspecified atom stereocenters. The summed E-state index contributed by atoms with van der Waals surface area (Å²) < 4.78 is 5.68. The Bertz CT molecular complexity index is 1250. The zero-order valence-electron chi connectivity index (χ0n) is 60.9. The minimum Gasteiger partial charge on any atom is -0.462 e. The van der Waals surface area contributed by atoms with E-state index in [2.05, 4.69) is 34.3 Å². The van der Waals surface area contributed by atoms with Gasteiger partial charge in [-0.05, 0) is 37.5 Å². The molecule has 0 aromatic rings. The molecule has 0 aromatic carbocycles. The summed E-state index contributed by atoms with van der Waals surface area (Å²) >= 11 is 0. The van der Waals surface area contributed by atoms with Gasteiger partial charge in [0.25, 0.3) is 0 Å².